The Hall–Kier alpha value is -3.00. The Morgan fingerprint density at radius 1 is 0.517 bits per heavy atom. The highest BCUT2D eigenvalue weighted by Crippen LogP contribution is 2.28. The highest BCUT2D eigenvalue weighted by atomic mass is 15.1. The van der Waals surface area contributed by atoms with Crippen molar-refractivity contribution in [2.45, 2.75) is 48.0 Å². The van der Waals surface area contributed by atoms with Crippen molar-refractivity contribution in [1.29, 1.82) is 0 Å². The summed E-state index contributed by atoms with van der Waals surface area (Å²) < 4.78 is 0. The molecule has 0 saturated heterocycles. The first-order valence-corrected chi connectivity index (χ1v) is 10.8. The summed E-state index contributed by atoms with van der Waals surface area (Å²) in [4.78, 5) is 0. The predicted octanol–water partition coefficient (Wildman–Crippen LogP) is 7.97. The second-order valence-electron chi connectivity index (χ2n) is 5.57. The van der Waals surface area contributed by atoms with E-state index in [-0.39, 0.29) is 0 Å². The van der Waals surface area contributed by atoms with E-state index in [0.29, 0.717) is 0 Å². The van der Waals surface area contributed by atoms with Crippen molar-refractivity contribution in [2.24, 2.45) is 0 Å². The smallest absolute Gasteiger partial charge is 0.101 e. The van der Waals surface area contributed by atoms with Gasteiger partial charge in [-0.3, -0.25) is 0 Å². The second-order valence-corrected chi connectivity index (χ2v) is 5.57. The van der Waals surface area contributed by atoms with Gasteiger partial charge in [-0.1, -0.05) is 126 Å². The van der Waals surface area contributed by atoms with Crippen molar-refractivity contribution in [3.8, 4) is 11.3 Å². The highest BCUT2D eigenvalue weighted by Gasteiger charge is 2.10. The molecule has 0 aliphatic heterocycles. The third-order valence-electron chi connectivity index (χ3n) is 4.03. The molecule has 4 rings (SSSR count). The normalized spacial score (nSPS) is 9.17. The van der Waals surface area contributed by atoms with Gasteiger partial charge in [-0.05, 0) is 5.56 Å². The van der Waals surface area contributed by atoms with Crippen LogP contribution in [-0.4, -0.2) is 10.2 Å². The van der Waals surface area contributed by atoms with E-state index >= 15 is 0 Å². The minimum Gasteiger partial charge on any atom is -0.154 e. The summed E-state index contributed by atoms with van der Waals surface area (Å²) in [6.07, 6.45) is 0.795. The number of hydrogen-bond donors (Lipinski definition) is 0. The van der Waals surface area contributed by atoms with Gasteiger partial charge in [-0.15, -0.1) is 5.10 Å². The molecule has 0 spiro atoms. The summed E-state index contributed by atoms with van der Waals surface area (Å²) in [6.45, 7) is 12.0. The Morgan fingerprint density at radius 3 is 1.59 bits per heavy atom. The van der Waals surface area contributed by atoms with Crippen LogP contribution in [0.3, 0.4) is 0 Å². The van der Waals surface area contributed by atoms with Crippen molar-refractivity contribution in [3.05, 3.63) is 96.2 Å². The first-order valence-electron chi connectivity index (χ1n) is 10.8. The molecule has 2 heteroatoms. The van der Waals surface area contributed by atoms with E-state index in [2.05, 4.69) is 70.9 Å². The molecular formula is C27H34N2. The van der Waals surface area contributed by atoms with Crippen LogP contribution in [0.25, 0.3) is 22.0 Å². The largest absolute Gasteiger partial charge is 0.154 e. The molecule has 0 amide bonds. The molecule has 0 saturated carbocycles. The Balaban J connectivity index is 0.000000644. The van der Waals surface area contributed by atoms with Crippen LogP contribution in [0.1, 0.15) is 52.8 Å². The van der Waals surface area contributed by atoms with Crippen LogP contribution in [0, 0.1) is 0 Å². The first kappa shape index (κ1) is 24.0. The maximum Gasteiger partial charge on any atom is 0.101 e. The second kappa shape index (κ2) is 14.1. The third kappa shape index (κ3) is 6.53. The molecule has 4 aromatic rings. The van der Waals surface area contributed by atoms with E-state index in [4.69, 9.17) is 0 Å². The maximum absolute atomic E-state index is 4.53. The molecule has 0 fully saturated rings. The summed E-state index contributed by atoms with van der Waals surface area (Å²) in [7, 11) is 0. The third-order valence-corrected chi connectivity index (χ3v) is 4.03. The molecule has 3 aromatic carbocycles. The first-order chi connectivity index (χ1) is 14.4. The monoisotopic (exact) mass is 386 g/mol. The van der Waals surface area contributed by atoms with Gasteiger partial charge in [0.25, 0.3) is 0 Å². The molecule has 29 heavy (non-hydrogen) atoms. The van der Waals surface area contributed by atoms with Crippen LogP contribution in [-0.2, 0) is 6.42 Å². The van der Waals surface area contributed by atoms with E-state index in [1.54, 1.807) is 0 Å². The zero-order valence-electron chi connectivity index (χ0n) is 18.7. The Kier molecular flexibility index (Phi) is 11.7. The van der Waals surface area contributed by atoms with Gasteiger partial charge >= 0.3 is 0 Å². The van der Waals surface area contributed by atoms with E-state index in [1.807, 2.05) is 65.8 Å². The fraction of sp³-hybridized carbons (Fsp3) is 0.259. The number of hydrogen-bond acceptors (Lipinski definition) is 2. The Morgan fingerprint density at radius 2 is 1.00 bits per heavy atom. The summed E-state index contributed by atoms with van der Waals surface area (Å²) in [5.74, 6) is 0. The summed E-state index contributed by atoms with van der Waals surface area (Å²) in [6, 6.07) is 29.0. The highest BCUT2D eigenvalue weighted by molar-refractivity contribution is 5.95. The molecule has 0 N–H and O–H groups in total. The van der Waals surface area contributed by atoms with Crippen LogP contribution in [0.4, 0.5) is 0 Å². The lowest BCUT2D eigenvalue weighted by molar-refractivity contribution is 0.963. The van der Waals surface area contributed by atoms with Crippen LogP contribution < -0.4 is 0 Å². The zero-order chi connectivity index (χ0) is 21.5. The van der Waals surface area contributed by atoms with Crippen LogP contribution >= 0.6 is 0 Å². The number of aromatic nitrogens is 2. The van der Waals surface area contributed by atoms with Gasteiger partial charge in [-0.25, -0.2) is 0 Å². The molecule has 0 radical (unpaired) electrons. The summed E-state index contributed by atoms with van der Waals surface area (Å²) in [5, 5.41) is 11.4. The molecule has 0 aliphatic rings. The van der Waals surface area contributed by atoms with Gasteiger partial charge in [0.05, 0.1) is 5.69 Å². The summed E-state index contributed by atoms with van der Waals surface area (Å²) in [5.41, 5.74) is 4.31. The van der Waals surface area contributed by atoms with E-state index in [0.717, 1.165) is 28.8 Å². The van der Waals surface area contributed by atoms with Gasteiger partial charge in [0.1, 0.15) is 5.69 Å². The number of rotatable bonds is 3. The quantitative estimate of drug-likeness (QED) is 0.357. The van der Waals surface area contributed by atoms with Crippen LogP contribution in [0.2, 0.25) is 0 Å². The standard InChI is InChI=1S/C21H16N2.3C2H6/c1-3-9-16(10-4-1)15-20-18-13-7-8-14-19(18)21(23-22-20)17-11-5-2-6-12-17;3*1-2/h1-14H,15H2;3*1-2H3. The molecule has 0 atom stereocenters. The molecule has 152 valence electrons. The van der Waals surface area contributed by atoms with Crippen molar-refractivity contribution in [3.63, 3.8) is 0 Å². The van der Waals surface area contributed by atoms with E-state index < -0.39 is 0 Å². The van der Waals surface area contributed by atoms with Crippen LogP contribution in [0.15, 0.2) is 84.9 Å². The van der Waals surface area contributed by atoms with Crippen molar-refractivity contribution in [1.82, 2.24) is 10.2 Å². The average molecular weight is 387 g/mol. The number of nitrogens with zero attached hydrogens (tertiary/aromatic N) is 2. The molecular weight excluding hydrogens is 352 g/mol. The van der Waals surface area contributed by atoms with Gasteiger partial charge < -0.3 is 0 Å². The molecule has 0 aliphatic carbocycles. The van der Waals surface area contributed by atoms with E-state index in [1.165, 1.54) is 10.9 Å². The SMILES string of the molecule is CC.CC.CC.c1ccc(Cc2nnc(-c3ccccc3)c3ccccc23)cc1. The Labute approximate surface area is 176 Å². The van der Waals surface area contributed by atoms with Crippen molar-refractivity contribution < 1.29 is 0 Å². The van der Waals surface area contributed by atoms with Crippen LogP contribution in [0.5, 0.6) is 0 Å². The van der Waals surface area contributed by atoms with E-state index in [9.17, 15) is 0 Å². The van der Waals surface area contributed by atoms with Crippen molar-refractivity contribution in [2.75, 3.05) is 0 Å². The molecule has 0 unspecified atom stereocenters. The van der Waals surface area contributed by atoms with Crippen molar-refractivity contribution >= 4 is 10.8 Å². The molecule has 0 bridgehead atoms. The lowest BCUT2D eigenvalue weighted by atomic mass is 10.0. The van der Waals surface area contributed by atoms with Gasteiger partial charge in [0.15, 0.2) is 0 Å². The Bertz CT molecular complexity index is 932. The molecule has 1 heterocycles. The average Bonchev–Trinajstić information content (AvgIpc) is 2.84. The minimum atomic E-state index is 0.795. The predicted molar refractivity (Wildman–Crippen MR) is 128 cm³/mol. The molecule has 1 aromatic heterocycles. The summed E-state index contributed by atoms with van der Waals surface area (Å²) >= 11 is 0. The maximum atomic E-state index is 4.53. The zero-order valence-corrected chi connectivity index (χ0v) is 18.7. The number of benzene rings is 3. The van der Waals surface area contributed by atoms with Gasteiger partial charge in [0, 0.05) is 22.8 Å². The minimum absolute atomic E-state index is 0.795. The molecule has 2 nitrogen and oxygen atoms in total. The lowest BCUT2D eigenvalue weighted by Gasteiger charge is -2.09. The topological polar surface area (TPSA) is 25.8 Å². The lowest BCUT2D eigenvalue weighted by Crippen LogP contribution is -1.99. The van der Waals surface area contributed by atoms with Gasteiger partial charge in [0.2, 0.25) is 0 Å². The fourth-order valence-electron chi connectivity index (χ4n) is 2.89. The fourth-order valence-corrected chi connectivity index (χ4v) is 2.89. The van der Waals surface area contributed by atoms with Gasteiger partial charge in [-0.2, -0.15) is 5.10 Å². The number of fused-ring (bicyclic) bond motifs is 1.